The third kappa shape index (κ3) is 4.81. The molecule has 1 unspecified atom stereocenters. The number of ether oxygens (including phenoxy) is 2. The first-order valence-corrected chi connectivity index (χ1v) is 7.76. The van der Waals surface area contributed by atoms with Gasteiger partial charge in [-0.2, -0.15) is 0 Å². The fraction of sp³-hybridized carbons (Fsp3) is 0.200. The van der Waals surface area contributed by atoms with Gasteiger partial charge >= 0.3 is 5.97 Å². The lowest BCUT2D eigenvalue weighted by atomic mass is 10.1. The molecule has 0 saturated heterocycles. The van der Waals surface area contributed by atoms with E-state index in [-0.39, 0.29) is 5.78 Å². The number of hydrogen-bond acceptors (Lipinski definition) is 4. The van der Waals surface area contributed by atoms with Gasteiger partial charge in [-0.15, -0.1) is 0 Å². The molecule has 0 bridgehead atoms. The van der Waals surface area contributed by atoms with Gasteiger partial charge in [0, 0.05) is 0 Å². The summed E-state index contributed by atoms with van der Waals surface area (Å²) >= 11 is 0. The molecule has 0 aliphatic heterocycles. The van der Waals surface area contributed by atoms with Crippen LogP contribution >= 0.6 is 0 Å². The van der Waals surface area contributed by atoms with Crippen molar-refractivity contribution < 1.29 is 19.1 Å². The molecule has 0 radical (unpaired) electrons. The minimum Gasteiger partial charge on any atom is -0.497 e. The van der Waals surface area contributed by atoms with E-state index in [1.807, 2.05) is 30.3 Å². The third-order valence-corrected chi connectivity index (χ3v) is 3.50. The molecule has 0 saturated carbocycles. The van der Waals surface area contributed by atoms with Gasteiger partial charge in [-0.25, -0.2) is 4.79 Å². The zero-order valence-electron chi connectivity index (χ0n) is 13.8. The molecule has 0 N–H and O–H groups in total. The summed E-state index contributed by atoms with van der Waals surface area (Å²) < 4.78 is 10.4. The molecule has 0 aromatic heterocycles. The molecule has 2 aromatic carbocycles. The van der Waals surface area contributed by atoms with Crippen LogP contribution in [0.5, 0.6) is 5.75 Å². The summed E-state index contributed by atoms with van der Waals surface area (Å²) in [6.07, 6.45) is 2.79. The van der Waals surface area contributed by atoms with E-state index >= 15 is 0 Å². The molecule has 124 valence electrons. The van der Waals surface area contributed by atoms with E-state index in [0.29, 0.717) is 17.7 Å². The van der Waals surface area contributed by atoms with Gasteiger partial charge in [0.2, 0.25) is 0 Å². The average Bonchev–Trinajstić information content (AvgIpc) is 2.64. The van der Waals surface area contributed by atoms with Crippen LogP contribution in [-0.2, 0) is 9.53 Å². The Morgan fingerprint density at radius 3 is 2.29 bits per heavy atom. The van der Waals surface area contributed by atoms with Gasteiger partial charge in [-0.1, -0.05) is 43.3 Å². The monoisotopic (exact) mass is 324 g/mol. The maximum atomic E-state index is 12.2. The second-order valence-electron chi connectivity index (χ2n) is 5.18. The summed E-state index contributed by atoms with van der Waals surface area (Å²) in [5, 5.41) is 0. The van der Waals surface area contributed by atoms with E-state index in [0.717, 1.165) is 5.56 Å². The first-order chi connectivity index (χ1) is 11.6. The number of rotatable bonds is 7. The molecular weight excluding hydrogens is 304 g/mol. The minimum absolute atomic E-state index is 0.233. The van der Waals surface area contributed by atoms with Crippen molar-refractivity contribution in [2.45, 2.75) is 19.4 Å². The molecule has 0 fully saturated rings. The summed E-state index contributed by atoms with van der Waals surface area (Å²) in [6, 6.07) is 16.1. The summed E-state index contributed by atoms with van der Waals surface area (Å²) in [6.45, 7) is 1.81. The number of carbonyl (C=O) groups excluding carboxylic acids is 2. The van der Waals surface area contributed by atoms with Crippen LogP contribution in [0.25, 0.3) is 6.08 Å². The number of carbonyl (C=O) groups is 2. The molecular formula is C20H20O4. The Kier molecular flexibility index (Phi) is 6.32. The molecule has 2 aromatic rings. The van der Waals surface area contributed by atoms with Gasteiger partial charge in [-0.05, 0) is 42.3 Å². The van der Waals surface area contributed by atoms with Crippen LogP contribution in [0, 0.1) is 0 Å². The van der Waals surface area contributed by atoms with Crippen LogP contribution in [0.2, 0.25) is 0 Å². The zero-order chi connectivity index (χ0) is 17.4. The van der Waals surface area contributed by atoms with Crippen molar-refractivity contribution in [1.29, 1.82) is 0 Å². The number of benzene rings is 2. The number of methoxy groups -OCH3 is 1. The van der Waals surface area contributed by atoms with Gasteiger partial charge in [0.05, 0.1) is 12.7 Å². The van der Waals surface area contributed by atoms with Gasteiger partial charge in [0.1, 0.15) is 5.75 Å². The quantitative estimate of drug-likeness (QED) is 0.572. The molecule has 24 heavy (non-hydrogen) atoms. The van der Waals surface area contributed by atoms with Gasteiger partial charge in [-0.3, -0.25) is 4.79 Å². The lowest BCUT2D eigenvalue weighted by Gasteiger charge is -2.13. The fourth-order valence-electron chi connectivity index (χ4n) is 2.12. The first-order valence-electron chi connectivity index (χ1n) is 7.76. The normalized spacial score (nSPS) is 11.9. The highest BCUT2D eigenvalue weighted by atomic mass is 16.5. The fourth-order valence-corrected chi connectivity index (χ4v) is 2.12. The molecule has 2 rings (SSSR count). The Morgan fingerprint density at radius 1 is 1.04 bits per heavy atom. The topological polar surface area (TPSA) is 52.6 Å². The van der Waals surface area contributed by atoms with E-state index in [1.165, 1.54) is 6.08 Å². The van der Waals surface area contributed by atoms with Gasteiger partial charge in [0.25, 0.3) is 0 Å². The van der Waals surface area contributed by atoms with E-state index < -0.39 is 12.1 Å². The minimum atomic E-state index is -0.792. The lowest BCUT2D eigenvalue weighted by molar-refractivity contribution is -0.123. The third-order valence-electron chi connectivity index (χ3n) is 3.50. The highest BCUT2D eigenvalue weighted by Crippen LogP contribution is 2.14. The summed E-state index contributed by atoms with van der Waals surface area (Å²) in [5.74, 6) is -0.102. The average molecular weight is 324 g/mol. The van der Waals surface area contributed by atoms with Crippen molar-refractivity contribution in [2.24, 2.45) is 0 Å². The van der Waals surface area contributed by atoms with Crippen molar-refractivity contribution in [2.75, 3.05) is 7.11 Å². The molecule has 4 nitrogen and oxygen atoms in total. The van der Waals surface area contributed by atoms with E-state index in [2.05, 4.69) is 0 Å². The first kappa shape index (κ1) is 17.5. The smallest absolute Gasteiger partial charge is 0.338 e. The Morgan fingerprint density at radius 2 is 1.71 bits per heavy atom. The van der Waals surface area contributed by atoms with Crippen LogP contribution in [0.1, 0.15) is 29.3 Å². The molecule has 1 atom stereocenters. The number of esters is 1. The molecule has 0 aliphatic rings. The van der Waals surface area contributed by atoms with E-state index in [9.17, 15) is 9.59 Å². The van der Waals surface area contributed by atoms with Crippen molar-refractivity contribution in [3.63, 3.8) is 0 Å². The number of ketones is 1. The Labute approximate surface area is 141 Å². The molecule has 0 aliphatic carbocycles. The van der Waals surface area contributed by atoms with Crippen molar-refractivity contribution in [3.05, 3.63) is 71.8 Å². The zero-order valence-corrected chi connectivity index (χ0v) is 13.8. The molecule has 0 amide bonds. The van der Waals surface area contributed by atoms with Crippen LogP contribution in [0.15, 0.2) is 60.7 Å². The Bertz CT molecular complexity index is 702. The van der Waals surface area contributed by atoms with Crippen LogP contribution in [0.3, 0.4) is 0 Å². The second-order valence-corrected chi connectivity index (χ2v) is 5.18. The largest absolute Gasteiger partial charge is 0.497 e. The molecule has 0 heterocycles. The maximum Gasteiger partial charge on any atom is 0.338 e. The Balaban J connectivity index is 2.00. The standard InChI is InChI=1S/C20H20O4/c1-3-19(18(21)14-9-15-7-5-4-6-8-15)24-20(22)16-10-12-17(23-2)13-11-16/h4-14,19H,3H2,1-2H3/b14-9+. The lowest BCUT2D eigenvalue weighted by Crippen LogP contribution is -2.25. The predicted octanol–water partition coefficient (Wildman–Crippen LogP) is 3.91. The molecule has 0 spiro atoms. The predicted molar refractivity (Wildman–Crippen MR) is 93.0 cm³/mol. The molecule has 4 heteroatoms. The summed E-state index contributed by atoms with van der Waals surface area (Å²) in [4.78, 5) is 24.4. The van der Waals surface area contributed by atoms with Gasteiger partial charge < -0.3 is 9.47 Å². The summed E-state index contributed by atoms with van der Waals surface area (Å²) in [5.41, 5.74) is 1.30. The van der Waals surface area contributed by atoms with E-state index in [1.54, 1.807) is 44.4 Å². The van der Waals surface area contributed by atoms with Crippen molar-refractivity contribution in [3.8, 4) is 5.75 Å². The highest BCUT2D eigenvalue weighted by Gasteiger charge is 2.19. The SMILES string of the molecule is CCC(OC(=O)c1ccc(OC)cc1)C(=O)/C=C/c1ccccc1. The van der Waals surface area contributed by atoms with Crippen LogP contribution in [-0.4, -0.2) is 25.0 Å². The summed E-state index contributed by atoms with van der Waals surface area (Å²) in [7, 11) is 1.55. The Hall–Kier alpha value is -2.88. The second kappa shape index (κ2) is 8.67. The van der Waals surface area contributed by atoms with E-state index in [4.69, 9.17) is 9.47 Å². The number of hydrogen-bond donors (Lipinski definition) is 0. The van der Waals surface area contributed by atoms with Crippen molar-refractivity contribution >= 4 is 17.8 Å². The van der Waals surface area contributed by atoms with Crippen LogP contribution < -0.4 is 4.74 Å². The maximum absolute atomic E-state index is 12.2. The van der Waals surface area contributed by atoms with Crippen LogP contribution in [0.4, 0.5) is 0 Å². The van der Waals surface area contributed by atoms with Gasteiger partial charge in [0.15, 0.2) is 11.9 Å². The highest BCUT2D eigenvalue weighted by molar-refractivity contribution is 5.99. The van der Waals surface area contributed by atoms with Crippen molar-refractivity contribution in [1.82, 2.24) is 0 Å².